The molecular weight excluding hydrogens is 230 g/mol. The van der Waals surface area contributed by atoms with E-state index < -0.39 is 5.97 Å². The average molecular weight is 261 g/mol. The normalized spacial score (nSPS) is 11.6. The van der Waals surface area contributed by atoms with Gasteiger partial charge in [-0.15, -0.1) is 0 Å². The Morgan fingerprint density at radius 1 is 1.06 bits per heavy atom. The van der Waals surface area contributed by atoms with E-state index in [4.69, 9.17) is 10.2 Å². The number of carboxylic acids is 1. The smallest absolute Gasteiger partial charge is 0.303 e. The van der Waals surface area contributed by atoms with Crippen molar-refractivity contribution in [2.75, 3.05) is 6.54 Å². The summed E-state index contributed by atoms with van der Waals surface area (Å²) in [5, 5.41) is 19.8. The Morgan fingerprint density at radius 2 is 1.61 bits per heavy atom. The zero-order valence-electron chi connectivity index (χ0n) is 12.2. The van der Waals surface area contributed by atoms with Gasteiger partial charge in [0.1, 0.15) is 6.23 Å². The zero-order valence-corrected chi connectivity index (χ0v) is 12.2. The van der Waals surface area contributed by atoms with Crippen LogP contribution >= 0.6 is 0 Å². The predicted octanol–water partition coefficient (Wildman–Crippen LogP) is 3.15. The summed E-state index contributed by atoms with van der Waals surface area (Å²) in [7, 11) is 0. The molecule has 4 nitrogen and oxygen atoms in total. The lowest BCUT2D eigenvalue weighted by Crippen LogP contribution is -2.25. The largest absolute Gasteiger partial charge is 0.481 e. The van der Waals surface area contributed by atoms with E-state index in [1.165, 1.54) is 25.7 Å². The van der Waals surface area contributed by atoms with Crippen LogP contribution in [0.5, 0.6) is 0 Å². The summed E-state index contributed by atoms with van der Waals surface area (Å²) in [6, 6.07) is 0. The summed E-state index contributed by atoms with van der Waals surface area (Å²) in [6.45, 7) is 6.94. The van der Waals surface area contributed by atoms with Crippen LogP contribution in [0.15, 0.2) is 0 Å². The third-order valence-corrected chi connectivity index (χ3v) is 2.46. The van der Waals surface area contributed by atoms with Crippen LogP contribution in [0.25, 0.3) is 0 Å². The van der Waals surface area contributed by atoms with Gasteiger partial charge in [0.2, 0.25) is 0 Å². The van der Waals surface area contributed by atoms with Crippen LogP contribution in [0.1, 0.15) is 72.1 Å². The minimum Gasteiger partial charge on any atom is -0.481 e. The van der Waals surface area contributed by atoms with Crippen LogP contribution in [-0.2, 0) is 4.79 Å². The summed E-state index contributed by atoms with van der Waals surface area (Å²) in [6.07, 6.45) is 7.86. The minimum atomic E-state index is -0.670. The summed E-state index contributed by atoms with van der Waals surface area (Å²) < 4.78 is 0. The Hall–Kier alpha value is -0.610. The van der Waals surface area contributed by atoms with Gasteiger partial charge in [-0.05, 0) is 26.3 Å². The maximum absolute atomic E-state index is 10.0. The lowest BCUT2D eigenvalue weighted by atomic mass is 10.1. The Bertz CT molecular complexity index is 172. The van der Waals surface area contributed by atoms with Crippen molar-refractivity contribution in [3.05, 3.63) is 0 Å². The van der Waals surface area contributed by atoms with Crippen molar-refractivity contribution in [1.29, 1.82) is 0 Å². The lowest BCUT2D eigenvalue weighted by Gasteiger charge is -2.04. The molecule has 0 saturated carbocycles. The first-order valence-corrected chi connectivity index (χ1v) is 7.17. The highest BCUT2D eigenvalue weighted by Crippen LogP contribution is 2.04. The molecule has 0 aromatic carbocycles. The lowest BCUT2D eigenvalue weighted by molar-refractivity contribution is -0.137. The Balaban J connectivity index is 0. The van der Waals surface area contributed by atoms with Crippen LogP contribution in [0.3, 0.4) is 0 Å². The van der Waals surface area contributed by atoms with Crippen molar-refractivity contribution >= 4 is 5.97 Å². The molecule has 0 aliphatic carbocycles. The Labute approximate surface area is 112 Å². The Morgan fingerprint density at radius 3 is 2.06 bits per heavy atom. The summed E-state index contributed by atoms with van der Waals surface area (Å²) >= 11 is 0. The molecule has 0 aliphatic heterocycles. The first-order chi connectivity index (χ1) is 8.54. The molecule has 0 heterocycles. The van der Waals surface area contributed by atoms with Crippen molar-refractivity contribution in [3.8, 4) is 0 Å². The van der Waals surface area contributed by atoms with E-state index in [1.54, 1.807) is 6.92 Å². The molecule has 0 saturated heterocycles. The number of carbonyl (C=O) groups is 1. The number of unbranched alkanes of at least 4 members (excludes halogenated alkanes) is 5. The number of rotatable bonds is 10. The van der Waals surface area contributed by atoms with Gasteiger partial charge in [-0.3, -0.25) is 10.1 Å². The maximum Gasteiger partial charge on any atom is 0.303 e. The molecule has 0 rings (SSSR count). The van der Waals surface area contributed by atoms with E-state index in [0.29, 0.717) is 6.42 Å². The molecule has 0 spiro atoms. The van der Waals surface area contributed by atoms with E-state index in [-0.39, 0.29) is 6.23 Å². The van der Waals surface area contributed by atoms with Crippen LogP contribution in [-0.4, -0.2) is 29.0 Å². The van der Waals surface area contributed by atoms with Gasteiger partial charge in [-0.2, -0.15) is 0 Å². The third-order valence-electron chi connectivity index (χ3n) is 2.46. The second kappa shape index (κ2) is 16.4. The molecule has 0 aromatic heterocycles. The topological polar surface area (TPSA) is 69.6 Å². The summed E-state index contributed by atoms with van der Waals surface area (Å²) in [5.74, 6) is -0.670. The van der Waals surface area contributed by atoms with E-state index in [1.807, 2.05) is 0 Å². The molecule has 1 atom stereocenters. The van der Waals surface area contributed by atoms with Gasteiger partial charge in [0.15, 0.2) is 0 Å². The molecule has 0 aromatic rings. The number of carboxylic acid groups (broad SMARTS) is 1. The molecule has 1 unspecified atom stereocenters. The second-order valence-corrected chi connectivity index (χ2v) is 4.54. The highest BCUT2D eigenvalue weighted by molar-refractivity contribution is 5.66. The molecular formula is C14H31NO3. The van der Waals surface area contributed by atoms with E-state index >= 15 is 0 Å². The van der Waals surface area contributed by atoms with Gasteiger partial charge in [-0.25, -0.2) is 0 Å². The summed E-state index contributed by atoms with van der Waals surface area (Å²) in [4.78, 5) is 10.0. The molecule has 0 fully saturated rings. The number of hydrogen-bond acceptors (Lipinski definition) is 3. The van der Waals surface area contributed by atoms with Crippen LogP contribution in [0, 0.1) is 0 Å². The number of nitrogens with one attached hydrogen (secondary N) is 1. The summed E-state index contributed by atoms with van der Waals surface area (Å²) in [5.41, 5.74) is 0. The fourth-order valence-electron chi connectivity index (χ4n) is 1.37. The van der Waals surface area contributed by atoms with Gasteiger partial charge >= 0.3 is 5.97 Å². The number of aliphatic hydroxyl groups is 1. The third kappa shape index (κ3) is 24.6. The molecule has 3 N–H and O–H groups in total. The van der Waals surface area contributed by atoms with E-state index in [0.717, 1.165) is 25.8 Å². The quantitative estimate of drug-likeness (QED) is 0.417. The van der Waals surface area contributed by atoms with Crippen molar-refractivity contribution in [2.24, 2.45) is 0 Å². The minimum absolute atomic E-state index is 0.337. The van der Waals surface area contributed by atoms with Crippen molar-refractivity contribution < 1.29 is 15.0 Å². The van der Waals surface area contributed by atoms with Crippen molar-refractivity contribution in [3.63, 3.8) is 0 Å². The molecule has 0 amide bonds. The standard InChI is InChI=1S/C8H16O2.C6H15NO/c1-2-3-4-5-6-7-8(9)10;1-3-4-5-7-6(2)8/h2-7H2,1H3,(H,9,10);6-8H,3-5H2,1-2H3. The van der Waals surface area contributed by atoms with Crippen LogP contribution < -0.4 is 5.32 Å². The van der Waals surface area contributed by atoms with Gasteiger partial charge in [-0.1, -0.05) is 46.0 Å². The number of hydrogen-bond donors (Lipinski definition) is 3. The van der Waals surface area contributed by atoms with Gasteiger partial charge in [0, 0.05) is 6.42 Å². The molecule has 0 radical (unpaired) electrons. The molecule has 0 bridgehead atoms. The first-order valence-electron chi connectivity index (χ1n) is 7.17. The van der Waals surface area contributed by atoms with Crippen molar-refractivity contribution in [1.82, 2.24) is 5.32 Å². The maximum atomic E-state index is 10.0. The number of aliphatic hydroxyl groups excluding tert-OH is 1. The average Bonchev–Trinajstić information content (AvgIpc) is 2.29. The molecule has 4 heteroatoms. The molecule has 0 aliphatic rings. The first kappa shape index (κ1) is 19.7. The predicted molar refractivity (Wildman–Crippen MR) is 75.6 cm³/mol. The highest BCUT2D eigenvalue weighted by atomic mass is 16.4. The monoisotopic (exact) mass is 261 g/mol. The Kier molecular flexibility index (Phi) is 18.0. The van der Waals surface area contributed by atoms with Crippen LogP contribution in [0.2, 0.25) is 0 Å². The van der Waals surface area contributed by atoms with Crippen molar-refractivity contribution in [2.45, 2.75) is 78.4 Å². The number of aliphatic carboxylic acids is 1. The zero-order chi connectivity index (χ0) is 14.2. The van der Waals surface area contributed by atoms with E-state index in [2.05, 4.69) is 19.2 Å². The fraction of sp³-hybridized carbons (Fsp3) is 0.929. The van der Waals surface area contributed by atoms with Crippen LogP contribution in [0.4, 0.5) is 0 Å². The molecule has 110 valence electrons. The second-order valence-electron chi connectivity index (χ2n) is 4.54. The van der Waals surface area contributed by atoms with Gasteiger partial charge in [0.25, 0.3) is 0 Å². The SMILES string of the molecule is CCCCCCCC(=O)O.CCCCNC(C)O. The van der Waals surface area contributed by atoms with Gasteiger partial charge < -0.3 is 10.2 Å². The molecule has 18 heavy (non-hydrogen) atoms. The van der Waals surface area contributed by atoms with E-state index in [9.17, 15) is 4.79 Å². The highest BCUT2D eigenvalue weighted by Gasteiger charge is 1.94. The fourth-order valence-corrected chi connectivity index (χ4v) is 1.37. The van der Waals surface area contributed by atoms with Gasteiger partial charge in [0.05, 0.1) is 0 Å².